The summed E-state index contributed by atoms with van der Waals surface area (Å²) >= 11 is 0.624. The molecule has 0 radical (unpaired) electrons. The van der Waals surface area contributed by atoms with E-state index in [0.717, 1.165) is 6.07 Å². The summed E-state index contributed by atoms with van der Waals surface area (Å²) in [7, 11) is -3.84. The van der Waals surface area contributed by atoms with Crippen molar-refractivity contribution in [1.82, 2.24) is 19.5 Å². The fourth-order valence-corrected chi connectivity index (χ4v) is 6.11. The molecule has 14 heteroatoms. The van der Waals surface area contributed by atoms with E-state index in [1.165, 1.54) is 28.3 Å². The molecule has 1 aromatic heterocycles. The van der Waals surface area contributed by atoms with Crippen molar-refractivity contribution in [1.29, 1.82) is 0 Å². The molecule has 172 valence electrons. The highest BCUT2D eigenvalue weighted by atomic mass is 32.2. The molecule has 1 aromatic carbocycles. The Hall–Kier alpha value is -3.10. The summed E-state index contributed by atoms with van der Waals surface area (Å²) in [5.41, 5.74) is 0.561. The highest BCUT2D eigenvalue weighted by Crippen LogP contribution is 2.22. The van der Waals surface area contributed by atoms with Crippen LogP contribution in [0, 0.1) is 24.0 Å². The second-order valence-electron chi connectivity index (χ2n) is 7.15. The Bertz CT molecular complexity index is 1230. The van der Waals surface area contributed by atoms with Crippen LogP contribution in [0.15, 0.2) is 27.2 Å². The van der Waals surface area contributed by atoms with E-state index in [4.69, 9.17) is 0 Å². The first kappa shape index (κ1) is 23.6. The van der Waals surface area contributed by atoms with Gasteiger partial charge in [0.05, 0.1) is 11.5 Å². The van der Waals surface area contributed by atoms with Crippen LogP contribution in [0.5, 0.6) is 0 Å². The van der Waals surface area contributed by atoms with Crippen molar-refractivity contribution in [3.63, 3.8) is 0 Å². The number of hydrogen-bond acceptors (Lipinski definition) is 8. The number of nitro groups is 1. The maximum atomic E-state index is 12.7. The summed E-state index contributed by atoms with van der Waals surface area (Å²) in [5.74, 6) is -1.03. The van der Waals surface area contributed by atoms with E-state index in [2.05, 4.69) is 10.3 Å². The Kier molecular flexibility index (Phi) is 6.76. The Labute approximate surface area is 187 Å². The van der Waals surface area contributed by atoms with Gasteiger partial charge in [0.2, 0.25) is 5.91 Å². The third-order valence-corrected chi connectivity index (χ3v) is 8.50. The molecule has 1 saturated heterocycles. The number of aromatic amines is 1. The predicted octanol–water partition coefficient (Wildman–Crippen LogP) is 0.224. The topological polar surface area (TPSA) is 163 Å². The molecule has 12 nitrogen and oxygen atoms in total. The van der Waals surface area contributed by atoms with E-state index in [1.807, 2.05) is 0 Å². The van der Waals surface area contributed by atoms with Crippen LogP contribution in [0.2, 0.25) is 0 Å². The van der Waals surface area contributed by atoms with E-state index in [0.29, 0.717) is 16.9 Å². The van der Waals surface area contributed by atoms with Gasteiger partial charge in [-0.3, -0.25) is 24.5 Å². The van der Waals surface area contributed by atoms with Crippen LogP contribution >= 0.6 is 11.3 Å². The molecular formula is C18H21N5O7S2. The number of carbonyl (C=O) groups is 2. The predicted molar refractivity (Wildman–Crippen MR) is 115 cm³/mol. The SMILES string of the molecule is Cc1ccc(C(=O)NCC(=O)N2CCN(S(=O)(=O)c3sc(=O)[nH]c3C)CC2)cc1[N+](=O)[O-]. The standard InChI is InChI=1S/C18H21N5O7S2/c1-11-3-4-13(9-14(11)23(27)28)16(25)19-10-15(24)21-5-7-22(8-6-21)32(29,30)17-12(2)20-18(26)31-17/h3-4,9H,5-8,10H2,1-2H3,(H,19,25)(H,20,26). The molecule has 2 heterocycles. The minimum atomic E-state index is -3.84. The molecule has 0 unspecified atom stereocenters. The number of aryl methyl sites for hydroxylation is 2. The zero-order chi connectivity index (χ0) is 23.6. The number of nitrogens with one attached hydrogen (secondary N) is 2. The molecule has 0 atom stereocenters. The number of hydrogen-bond donors (Lipinski definition) is 2. The van der Waals surface area contributed by atoms with Gasteiger partial charge < -0.3 is 15.2 Å². The van der Waals surface area contributed by atoms with Gasteiger partial charge >= 0.3 is 4.87 Å². The van der Waals surface area contributed by atoms with Gasteiger partial charge in [-0.05, 0) is 19.9 Å². The smallest absolute Gasteiger partial charge is 0.305 e. The number of nitrogens with zero attached hydrogens (tertiary/aromatic N) is 3. The van der Waals surface area contributed by atoms with E-state index in [1.54, 1.807) is 6.92 Å². The van der Waals surface area contributed by atoms with Crippen molar-refractivity contribution in [3.05, 3.63) is 54.8 Å². The van der Waals surface area contributed by atoms with Gasteiger partial charge in [-0.2, -0.15) is 4.31 Å². The largest absolute Gasteiger partial charge is 0.343 e. The number of amides is 2. The number of nitro benzene ring substituents is 1. The fourth-order valence-electron chi connectivity index (χ4n) is 3.25. The maximum Gasteiger partial charge on any atom is 0.305 e. The van der Waals surface area contributed by atoms with E-state index in [-0.39, 0.29) is 53.9 Å². The first-order chi connectivity index (χ1) is 15.0. The zero-order valence-corrected chi connectivity index (χ0v) is 18.9. The quantitative estimate of drug-likeness (QED) is 0.438. The lowest BCUT2D eigenvalue weighted by Crippen LogP contribution is -2.52. The summed E-state index contributed by atoms with van der Waals surface area (Å²) in [5, 5.41) is 13.5. The zero-order valence-electron chi connectivity index (χ0n) is 17.3. The molecule has 2 amide bonds. The van der Waals surface area contributed by atoms with Crippen LogP contribution in [-0.4, -0.2) is 72.1 Å². The molecule has 2 aromatic rings. The fraction of sp³-hybridized carbons (Fsp3) is 0.389. The van der Waals surface area contributed by atoms with Gasteiger partial charge in [-0.1, -0.05) is 17.4 Å². The number of benzene rings is 1. The number of thiazole rings is 1. The molecule has 1 aliphatic heterocycles. The molecule has 0 bridgehead atoms. The lowest BCUT2D eigenvalue weighted by Gasteiger charge is -2.33. The molecule has 0 saturated carbocycles. The van der Waals surface area contributed by atoms with Crippen LogP contribution in [0.1, 0.15) is 21.6 Å². The summed E-state index contributed by atoms with van der Waals surface area (Å²) in [6, 6.07) is 4.04. The van der Waals surface area contributed by atoms with Gasteiger partial charge in [0.1, 0.15) is 0 Å². The number of aromatic nitrogens is 1. The van der Waals surface area contributed by atoms with Crippen LogP contribution in [0.4, 0.5) is 5.69 Å². The van der Waals surface area contributed by atoms with Crippen LogP contribution in [0.25, 0.3) is 0 Å². The second-order valence-corrected chi connectivity index (χ2v) is 10.3. The number of piperazine rings is 1. The van der Waals surface area contributed by atoms with E-state index < -0.39 is 31.6 Å². The normalized spacial score (nSPS) is 14.9. The van der Waals surface area contributed by atoms with Gasteiger partial charge in [0.15, 0.2) is 4.21 Å². The van der Waals surface area contributed by atoms with Crippen LogP contribution < -0.4 is 10.2 Å². The van der Waals surface area contributed by atoms with Crippen molar-refractivity contribution in [3.8, 4) is 0 Å². The highest BCUT2D eigenvalue weighted by molar-refractivity contribution is 7.91. The van der Waals surface area contributed by atoms with Crippen molar-refractivity contribution in [2.45, 2.75) is 18.1 Å². The second kappa shape index (κ2) is 9.18. The molecule has 2 N–H and O–H groups in total. The molecule has 3 rings (SSSR count). The Balaban J connectivity index is 1.56. The minimum Gasteiger partial charge on any atom is -0.343 e. The Morgan fingerprint density at radius 3 is 2.44 bits per heavy atom. The van der Waals surface area contributed by atoms with Crippen LogP contribution in [-0.2, 0) is 14.8 Å². The summed E-state index contributed by atoms with van der Waals surface area (Å²) in [6.07, 6.45) is 0. The number of rotatable bonds is 6. The third kappa shape index (κ3) is 4.87. The summed E-state index contributed by atoms with van der Waals surface area (Å²) in [6.45, 7) is 3.10. The van der Waals surface area contributed by atoms with Gasteiger partial charge in [-0.25, -0.2) is 8.42 Å². The maximum absolute atomic E-state index is 12.7. The van der Waals surface area contributed by atoms with Crippen LogP contribution in [0.3, 0.4) is 0 Å². The van der Waals surface area contributed by atoms with E-state index >= 15 is 0 Å². The summed E-state index contributed by atoms with van der Waals surface area (Å²) < 4.78 is 26.7. The van der Waals surface area contributed by atoms with Gasteiger partial charge in [-0.15, -0.1) is 0 Å². The molecule has 32 heavy (non-hydrogen) atoms. The Morgan fingerprint density at radius 2 is 1.88 bits per heavy atom. The molecule has 0 spiro atoms. The van der Waals surface area contributed by atoms with E-state index in [9.17, 15) is 32.9 Å². The van der Waals surface area contributed by atoms with Gasteiger partial charge in [0, 0.05) is 49.1 Å². The molecule has 0 aliphatic carbocycles. The first-order valence-electron chi connectivity index (χ1n) is 9.51. The first-order valence-corrected chi connectivity index (χ1v) is 11.8. The minimum absolute atomic E-state index is 0.0401. The number of H-pyrrole nitrogens is 1. The Morgan fingerprint density at radius 1 is 1.22 bits per heavy atom. The summed E-state index contributed by atoms with van der Waals surface area (Å²) in [4.78, 5) is 50.0. The molecule has 1 fully saturated rings. The lowest BCUT2D eigenvalue weighted by molar-refractivity contribution is -0.385. The monoisotopic (exact) mass is 483 g/mol. The van der Waals surface area contributed by atoms with Crippen molar-refractivity contribution < 1.29 is 22.9 Å². The lowest BCUT2D eigenvalue weighted by atomic mass is 10.1. The number of carbonyl (C=O) groups excluding carboxylic acids is 2. The van der Waals surface area contributed by atoms with Gasteiger partial charge in [0.25, 0.3) is 21.6 Å². The van der Waals surface area contributed by atoms with Crippen molar-refractivity contribution >= 4 is 38.9 Å². The third-order valence-electron chi connectivity index (χ3n) is 5.01. The highest BCUT2D eigenvalue weighted by Gasteiger charge is 2.32. The van der Waals surface area contributed by atoms with Crippen molar-refractivity contribution in [2.75, 3.05) is 32.7 Å². The number of sulfonamides is 1. The molecule has 1 aliphatic rings. The van der Waals surface area contributed by atoms with Crippen molar-refractivity contribution in [2.24, 2.45) is 0 Å². The average Bonchev–Trinajstić information content (AvgIpc) is 3.10. The molecular weight excluding hydrogens is 462 g/mol. The average molecular weight is 484 g/mol.